The summed E-state index contributed by atoms with van der Waals surface area (Å²) in [6.07, 6.45) is 2.00. The molecule has 5 nitrogen and oxygen atoms in total. The molecule has 2 aliphatic heterocycles. The standard InChI is InChI=1S/C25H29FN2O3/c1-3-16(2)14-28(10-11-29)9-8-17-4-6-20-18(12-17)15-31-24(20)23-21-13-19(26)5-7-22(21)27-25(23)30/h4-7,12-13,16,29H,3,8-11,14-15H2,1-2H3,(H,27,30)/b24-23+. The molecule has 0 fully saturated rings. The van der Waals surface area contributed by atoms with Crippen LogP contribution in [-0.2, 0) is 22.6 Å². The number of nitrogens with one attached hydrogen (secondary N) is 1. The fourth-order valence-corrected chi connectivity index (χ4v) is 4.24. The fraction of sp³-hybridized carbons (Fsp3) is 0.400. The van der Waals surface area contributed by atoms with Crippen molar-refractivity contribution in [2.24, 2.45) is 5.92 Å². The number of anilines is 1. The number of aliphatic hydroxyl groups is 1. The summed E-state index contributed by atoms with van der Waals surface area (Å²) in [5, 5.41) is 12.2. The van der Waals surface area contributed by atoms with Crippen LogP contribution in [0.1, 0.15) is 42.5 Å². The Hall–Kier alpha value is -2.70. The topological polar surface area (TPSA) is 61.8 Å². The Labute approximate surface area is 182 Å². The molecule has 2 N–H and O–H groups in total. The van der Waals surface area contributed by atoms with E-state index in [1.54, 1.807) is 6.07 Å². The number of aliphatic hydroxyl groups excluding tert-OH is 1. The zero-order valence-electron chi connectivity index (χ0n) is 18.1. The summed E-state index contributed by atoms with van der Waals surface area (Å²) in [5.41, 5.74) is 4.66. The number of halogens is 1. The lowest BCUT2D eigenvalue weighted by Crippen LogP contribution is -2.33. The van der Waals surface area contributed by atoms with E-state index in [9.17, 15) is 14.3 Å². The molecule has 0 aromatic heterocycles. The number of carbonyl (C=O) groups excluding carboxylic acids is 1. The van der Waals surface area contributed by atoms with Gasteiger partial charge < -0.3 is 20.1 Å². The summed E-state index contributed by atoms with van der Waals surface area (Å²) in [7, 11) is 0. The van der Waals surface area contributed by atoms with E-state index in [1.807, 2.05) is 6.07 Å². The van der Waals surface area contributed by atoms with Crippen LogP contribution in [0.2, 0.25) is 0 Å². The van der Waals surface area contributed by atoms with Crippen molar-refractivity contribution in [2.45, 2.75) is 33.3 Å². The highest BCUT2D eigenvalue weighted by Crippen LogP contribution is 2.41. The highest BCUT2D eigenvalue weighted by atomic mass is 19.1. The Morgan fingerprint density at radius 2 is 2.03 bits per heavy atom. The molecule has 2 heterocycles. The minimum absolute atomic E-state index is 0.162. The average molecular weight is 425 g/mol. The molecule has 0 spiro atoms. The summed E-state index contributed by atoms with van der Waals surface area (Å²) in [6.45, 7) is 7.52. The van der Waals surface area contributed by atoms with E-state index in [4.69, 9.17) is 4.74 Å². The number of hydrogen-bond donors (Lipinski definition) is 2. The lowest BCUT2D eigenvalue weighted by Gasteiger charge is -2.24. The minimum atomic E-state index is -0.383. The van der Waals surface area contributed by atoms with Gasteiger partial charge in [0, 0.05) is 42.0 Å². The van der Waals surface area contributed by atoms with Gasteiger partial charge in [-0.1, -0.05) is 38.5 Å². The molecule has 0 saturated heterocycles. The molecular formula is C25H29FN2O3. The van der Waals surface area contributed by atoms with E-state index in [0.717, 1.165) is 37.1 Å². The van der Waals surface area contributed by atoms with Crippen molar-refractivity contribution in [2.75, 3.05) is 31.6 Å². The van der Waals surface area contributed by atoms with Gasteiger partial charge in [0.05, 0.1) is 12.2 Å². The Balaban J connectivity index is 1.55. The van der Waals surface area contributed by atoms with Gasteiger partial charge in [0.15, 0.2) is 0 Å². The van der Waals surface area contributed by atoms with Gasteiger partial charge in [0.1, 0.15) is 18.2 Å². The Bertz CT molecular complexity index is 1020. The Morgan fingerprint density at radius 1 is 1.19 bits per heavy atom. The van der Waals surface area contributed by atoms with Crippen molar-refractivity contribution in [3.63, 3.8) is 0 Å². The van der Waals surface area contributed by atoms with Crippen molar-refractivity contribution in [3.05, 3.63) is 64.5 Å². The number of rotatable bonds is 8. The van der Waals surface area contributed by atoms with Gasteiger partial charge in [-0.2, -0.15) is 0 Å². The number of hydrogen-bond acceptors (Lipinski definition) is 4. The maximum absolute atomic E-state index is 13.8. The van der Waals surface area contributed by atoms with Gasteiger partial charge in [-0.3, -0.25) is 4.79 Å². The van der Waals surface area contributed by atoms with Crippen LogP contribution in [0.5, 0.6) is 0 Å². The first kappa shape index (κ1) is 21.5. The summed E-state index contributed by atoms with van der Waals surface area (Å²) in [6, 6.07) is 10.5. The van der Waals surface area contributed by atoms with Crippen LogP contribution in [0, 0.1) is 11.7 Å². The van der Waals surface area contributed by atoms with Crippen molar-refractivity contribution in [3.8, 4) is 0 Å². The number of benzene rings is 2. The quantitative estimate of drug-likeness (QED) is 0.628. The molecular weight excluding hydrogens is 395 g/mol. The van der Waals surface area contributed by atoms with Crippen molar-refractivity contribution in [1.82, 2.24) is 4.90 Å². The normalized spacial score (nSPS) is 18.0. The Morgan fingerprint density at radius 3 is 2.81 bits per heavy atom. The Kier molecular flexibility index (Phi) is 6.39. The van der Waals surface area contributed by atoms with E-state index in [-0.39, 0.29) is 18.3 Å². The van der Waals surface area contributed by atoms with Gasteiger partial charge in [-0.05, 0) is 36.1 Å². The molecule has 1 atom stereocenters. The van der Waals surface area contributed by atoms with Gasteiger partial charge >= 0.3 is 0 Å². The van der Waals surface area contributed by atoms with Crippen molar-refractivity contribution < 1.29 is 19.0 Å². The van der Waals surface area contributed by atoms with E-state index in [2.05, 4.69) is 36.2 Å². The van der Waals surface area contributed by atoms with Crippen LogP contribution < -0.4 is 5.32 Å². The average Bonchev–Trinajstić information content (AvgIpc) is 3.31. The maximum atomic E-state index is 13.8. The van der Waals surface area contributed by atoms with Gasteiger partial charge in [0.2, 0.25) is 0 Å². The smallest absolute Gasteiger partial charge is 0.260 e. The van der Waals surface area contributed by atoms with Gasteiger partial charge in [-0.15, -0.1) is 0 Å². The summed E-state index contributed by atoms with van der Waals surface area (Å²) in [5.74, 6) is 0.463. The van der Waals surface area contributed by atoms with E-state index in [0.29, 0.717) is 41.7 Å². The molecule has 0 bridgehead atoms. The molecule has 0 aliphatic carbocycles. The predicted molar refractivity (Wildman–Crippen MR) is 120 cm³/mol. The number of fused-ring (bicyclic) bond motifs is 2. The lowest BCUT2D eigenvalue weighted by atomic mass is 9.98. The molecule has 2 aromatic carbocycles. The third kappa shape index (κ3) is 4.50. The SMILES string of the molecule is CCC(C)CN(CCO)CCc1ccc2c(c1)CO/C2=C1/C(=O)Nc2ccc(F)cc21. The molecule has 2 aromatic rings. The highest BCUT2D eigenvalue weighted by Gasteiger charge is 2.32. The first-order valence-electron chi connectivity index (χ1n) is 10.9. The second-order valence-corrected chi connectivity index (χ2v) is 8.42. The number of carbonyl (C=O) groups is 1. The molecule has 1 amide bonds. The second-order valence-electron chi connectivity index (χ2n) is 8.42. The molecule has 4 rings (SSSR count). The van der Waals surface area contributed by atoms with Crippen LogP contribution in [0.25, 0.3) is 11.3 Å². The molecule has 0 radical (unpaired) electrons. The number of amides is 1. The third-order valence-corrected chi connectivity index (χ3v) is 6.14. The largest absolute Gasteiger partial charge is 0.487 e. The first-order valence-corrected chi connectivity index (χ1v) is 10.9. The fourth-order valence-electron chi connectivity index (χ4n) is 4.24. The highest BCUT2D eigenvalue weighted by molar-refractivity contribution is 6.36. The van der Waals surface area contributed by atoms with Crippen LogP contribution in [0.3, 0.4) is 0 Å². The zero-order valence-corrected chi connectivity index (χ0v) is 18.1. The van der Waals surface area contributed by atoms with E-state index >= 15 is 0 Å². The monoisotopic (exact) mass is 424 g/mol. The van der Waals surface area contributed by atoms with Gasteiger partial charge in [-0.25, -0.2) is 4.39 Å². The van der Waals surface area contributed by atoms with Crippen LogP contribution in [0.15, 0.2) is 36.4 Å². The summed E-state index contributed by atoms with van der Waals surface area (Å²) < 4.78 is 19.7. The predicted octanol–water partition coefficient (Wildman–Crippen LogP) is 4.06. The van der Waals surface area contributed by atoms with Crippen molar-refractivity contribution in [1.29, 1.82) is 0 Å². The number of ether oxygens (including phenoxy) is 1. The lowest BCUT2D eigenvalue weighted by molar-refractivity contribution is -0.110. The zero-order chi connectivity index (χ0) is 22.0. The summed E-state index contributed by atoms with van der Waals surface area (Å²) in [4.78, 5) is 14.9. The molecule has 1 unspecified atom stereocenters. The number of nitrogens with zero attached hydrogens (tertiary/aromatic N) is 1. The van der Waals surface area contributed by atoms with E-state index in [1.165, 1.54) is 17.7 Å². The van der Waals surface area contributed by atoms with Crippen LogP contribution >= 0.6 is 0 Å². The van der Waals surface area contributed by atoms with Crippen LogP contribution in [0.4, 0.5) is 10.1 Å². The van der Waals surface area contributed by atoms with Gasteiger partial charge in [0.25, 0.3) is 5.91 Å². The maximum Gasteiger partial charge on any atom is 0.260 e. The summed E-state index contributed by atoms with van der Waals surface area (Å²) >= 11 is 0. The molecule has 0 saturated carbocycles. The molecule has 31 heavy (non-hydrogen) atoms. The molecule has 2 aliphatic rings. The third-order valence-electron chi connectivity index (χ3n) is 6.14. The molecule has 6 heteroatoms. The van der Waals surface area contributed by atoms with E-state index < -0.39 is 0 Å². The second kappa shape index (κ2) is 9.20. The van der Waals surface area contributed by atoms with Crippen molar-refractivity contribution >= 4 is 22.9 Å². The van der Waals surface area contributed by atoms with Crippen LogP contribution in [-0.4, -0.2) is 42.2 Å². The first-order chi connectivity index (χ1) is 15.0. The molecule has 164 valence electrons. The minimum Gasteiger partial charge on any atom is -0.487 e.